The monoisotopic (exact) mass is 454 g/mol. The fraction of sp³-hybridized carbons (Fsp3) is 0.458. The van der Waals surface area contributed by atoms with Crippen LogP contribution in [0.25, 0.3) is 10.9 Å². The van der Waals surface area contributed by atoms with Crippen LogP contribution in [0.5, 0.6) is 0 Å². The summed E-state index contributed by atoms with van der Waals surface area (Å²) in [7, 11) is 0. The number of piperidine rings is 1. The third-order valence-corrected chi connectivity index (χ3v) is 6.84. The van der Waals surface area contributed by atoms with Crippen molar-refractivity contribution in [3.8, 4) is 0 Å². The molecule has 1 aliphatic heterocycles. The summed E-state index contributed by atoms with van der Waals surface area (Å²) in [6.45, 7) is 4.32. The number of hydrogen-bond donors (Lipinski definition) is 3. The smallest absolute Gasteiger partial charge is 0.328 e. The lowest BCUT2D eigenvalue weighted by Gasteiger charge is -2.20. The number of carbonyl (C=O) groups excluding carboxylic acids is 2. The number of rotatable bonds is 9. The first kappa shape index (κ1) is 22.5. The van der Waals surface area contributed by atoms with Gasteiger partial charge in [-0.1, -0.05) is 31.5 Å². The molecule has 0 aliphatic carbocycles. The van der Waals surface area contributed by atoms with Gasteiger partial charge in [-0.15, -0.1) is 11.3 Å². The Hall–Kier alpha value is -2.71. The second-order valence-electron chi connectivity index (χ2n) is 8.22. The quantitative estimate of drug-likeness (QED) is 0.338. The number of benzene rings is 1. The minimum absolute atomic E-state index is 0.339. The highest BCUT2D eigenvalue weighted by atomic mass is 32.1. The van der Waals surface area contributed by atoms with Crippen molar-refractivity contribution < 1.29 is 14.3 Å². The van der Waals surface area contributed by atoms with Crippen LogP contribution in [0.1, 0.15) is 59.6 Å². The van der Waals surface area contributed by atoms with E-state index in [0.717, 1.165) is 60.2 Å². The molecule has 32 heavy (non-hydrogen) atoms. The van der Waals surface area contributed by atoms with Crippen LogP contribution in [0.15, 0.2) is 35.8 Å². The molecule has 0 bridgehead atoms. The van der Waals surface area contributed by atoms with Gasteiger partial charge in [0.1, 0.15) is 11.7 Å². The van der Waals surface area contributed by atoms with E-state index in [1.54, 1.807) is 5.38 Å². The van der Waals surface area contributed by atoms with Crippen molar-refractivity contribution in [2.24, 2.45) is 0 Å². The SMILES string of the molecule is CCCCOC(=O)C(Cc1c[nH]c2ccccc12)NC(=O)c1csc(C2CCCNC2)n1. The number of para-hydroxylation sites is 1. The molecule has 1 amide bonds. The first-order valence-corrected chi connectivity index (χ1v) is 12.2. The van der Waals surface area contributed by atoms with Crippen molar-refractivity contribution in [1.82, 2.24) is 20.6 Å². The van der Waals surface area contributed by atoms with Crippen LogP contribution in [0.3, 0.4) is 0 Å². The molecule has 0 radical (unpaired) electrons. The van der Waals surface area contributed by atoms with Gasteiger partial charge in [-0.05, 0) is 37.4 Å². The maximum absolute atomic E-state index is 13.0. The predicted molar refractivity (Wildman–Crippen MR) is 126 cm³/mol. The lowest BCUT2D eigenvalue weighted by molar-refractivity contribution is -0.146. The molecule has 2 unspecified atom stereocenters. The standard InChI is InChI=1S/C24H30N4O3S/c1-2-3-11-31-24(30)20(12-17-14-26-19-9-5-4-8-18(17)19)27-22(29)21-15-32-23(28-21)16-7-6-10-25-13-16/h4-5,8-9,14-16,20,25-26H,2-3,6-7,10-13H2,1H3,(H,27,29). The predicted octanol–water partition coefficient (Wildman–Crippen LogP) is 3.78. The van der Waals surface area contributed by atoms with Gasteiger partial charge >= 0.3 is 5.97 Å². The third kappa shape index (κ3) is 5.37. The van der Waals surface area contributed by atoms with Gasteiger partial charge in [0.2, 0.25) is 0 Å². The number of esters is 1. The average molecular weight is 455 g/mol. The molecule has 0 saturated carbocycles. The van der Waals surface area contributed by atoms with E-state index in [1.165, 1.54) is 11.3 Å². The lowest BCUT2D eigenvalue weighted by Crippen LogP contribution is -2.43. The fourth-order valence-corrected chi connectivity index (χ4v) is 4.94. The summed E-state index contributed by atoms with van der Waals surface area (Å²) in [6, 6.07) is 7.14. The van der Waals surface area contributed by atoms with Crippen LogP contribution in [-0.2, 0) is 16.0 Å². The Bertz CT molecular complexity index is 1050. The molecule has 3 N–H and O–H groups in total. The maximum atomic E-state index is 13.0. The first-order chi connectivity index (χ1) is 15.7. The number of carbonyl (C=O) groups is 2. The fourth-order valence-electron chi connectivity index (χ4n) is 4.01. The molecule has 2 atom stereocenters. The van der Waals surface area contributed by atoms with Crippen molar-refractivity contribution >= 4 is 34.1 Å². The number of fused-ring (bicyclic) bond motifs is 1. The zero-order chi connectivity index (χ0) is 22.3. The van der Waals surface area contributed by atoms with Crippen molar-refractivity contribution in [1.29, 1.82) is 0 Å². The van der Waals surface area contributed by atoms with E-state index in [4.69, 9.17) is 4.74 Å². The van der Waals surface area contributed by atoms with Crippen molar-refractivity contribution in [3.05, 3.63) is 52.1 Å². The number of H-pyrrole nitrogens is 1. The Balaban J connectivity index is 1.48. The van der Waals surface area contributed by atoms with E-state index >= 15 is 0 Å². The molecule has 1 saturated heterocycles. The van der Waals surface area contributed by atoms with Gasteiger partial charge in [0, 0.05) is 41.4 Å². The van der Waals surface area contributed by atoms with E-state index < -0.39 is 12.0 Å². The number of nitrogens with zero attached hydrogens (tertiary/aromatic N) is 1. The number of hydrogen-bond acceptors (Lipinski definition) is 6. The Morgan fingerprint density at radius 2 is 2.22 bits per heavy atom. The summed E-state index contributed by atoms with van der Waals surface area (Å²) < 4.78 is 5.45. The topological polar surface area (TPSA) is 96.1 Å². The summed E-state index contributed by atoms with van der Waals surface area (Å²) in [6.07, 6.45) is 6.16. The van der Waals surface area contributed by atoms with Gasteiger partial charge < -0.3 is 20.4 Å². The van der Waals surface area contributed by atoms with Gasteiger partial charge in [-0.25, -0.2) is 9.78 Å². The summed E-state index contributed by atoms with van der Waals surface area (Å²) in [5.74, 6) is -0.408. The molecule has 1 aromatic carbocycles. The maximum Gasteiger partial charge on any atom is 0.328 e. The van der Waals surface area contributed by atoms with Crippen LogP contribution in [0.4, 0.5) is 0 Å². The first-order valence-electron chi connectivity index (χ1n) is 11.3. The average Bonchev–Trinajstić information content (AvgIpc) is 3.47. The minimum atomic E-state index is -0.778. The number of thiazole rings is 1. The van der Waals surface area contributed by atoms with Gasteiger partial charge in [0.15, 0.2) is 0 Å². The van der Waals surface area contributed by atoms with Crippen LogP contribution < -0.4 is 10.6 Å². The molecule has 3 heterocycles. The molecule has 1 aliphatic rings. The van der Waals surface area contributed by atoms with Gasteiger partial charge in [0.05, 0.1) is 11.6 Å². The van der Waals surface area contributed by atoms with Crippen LogP contribution in [0.2, 0.25) is 0 Å². The number of aromatic amines is 1. The van der Waals surface area contributed by atoms with E-state index in [2.05, 4.69) is 20.6 Å². The lowest BCUT2D eigenvalue weighted by atomic mass is 10.0. The molecular formula is C24H30N4O3S. The minimum Gasteiger partial charge on any atom is -0.464 e. The number of aromatic nitrogens is 2. The van der Waals surface area contributed by atoms with Crippen LogP contribution in [-0.4, -0.2) is 47.6 Å². The zero-order valence-electron chi connectivity index (χ0n) is 18.4. The molecule has 0 spiro atoms. The van der Waals surface area contributed by atoms with Crippen LogP contribution in [0, 0.1) is 0 Å². The third-order valence-electron chi connectivity index (χ3n) is 5.83. The Morgan fingerprint density at radius 1 is 1.34 bits per heavy atom. The van der Waals surface area contributed by atoms with E-state index in [0.29, 0.717) is 24.6 Å². The van der Waals surface area contributed by atoms with Crippen molar-refractivity contribution in [2.45, 2.75) is 51.0 Å². The van der Waals surface area contributed by atoms with Gasteiger partial charge in [0.25, 0.3) is 5.91 Å². The summed E-state index contributed by atoms with van der Waals surface area (Å²) in [5.41, 5.74) is 2.32. The molecule has 8 heteroatoms. The zero-order valence-corrected chi connectivity index (χ0v) is 19.2. The summed E-state index contributed by atoms with van der Waals surface area (Å²) in [4.78, 5) is 33.6. The second kappa shape index (κ2) is 10.7. The van der Waals surface area contributed by atoms with E-state index in [-0.39, 0.29) is 5.91 Å². The Kier molecular flexibility index (Phi) is 7.55. The Morgan fingerprint density at radius 3 is 3.03 bits per heavy atom. The van der Waals surface area contributed by atoms with Crippen LogP contribution >= 0.6 is 11.3 Å². The molecule has 2 aromatic heterocycles. The number of nitrogens with one attached hydrogen (secondary N) is 3. The van der Waals surface area contributed by atoms with Gasteiger partial charge in [-0.2, -0.15) is 0 Å². The summed E-state index contributed by atoms with van der Waals surface area (Å²) >= 11 is 1.51. The van der Waals surface area contributed by atoms with E-state index in [9.17, 15) is 9.59 Å². The number of amides is 1. The second-order valence-corrected chi connectivity index (χ2v) is 9.11. The highest BCUT2D eigenvalue weighted by molar-refractivity contribution is 7.09. The number of ether oxygens (including phenoxy) is 1. The molecule has 1 fully saturated rings. The molecule has 3 aromatic rings. The molecule has 170 valence electrons. The number of unbranched alkanes of at least 4 members (excludes halogenated alkanes) is 1. The normalized spacial score (nSPS) is 17.2. The Labute approximate surface area is 192 Å². The highest BCUT2D eigenvalue weighted by Gasteiger charge is 2.26. The van der Waals surface area contributed by atoms with Crippen molar-refractivity contribution in [3.63, 3.8) is 0 Å². The van der Waals surface area contributed by atoms with Gasteiger partial charge in [-0.3, -0.25) is 4.79 Å². The largest absolute Gasteiger partial charge is 0.464 e. The summed E-state index contributed by atoms with van der Waals surface area (Å²) in [5, 5.41) is 10.1. The molecular weight excluding hydrogens is 424 g/mol. The molecule has 4 rings (SSSR count). The van der Waals surface area contributed by atoms with E-state index in [1.807, 2.05) is 37.4 Å². The highest BCUT2D eigenvalue weighted by Crippen LogP contribution is 2.26. The van der Waals surface area contributed by atoms with Crippen molar-refractivity contribution in [2.75, 3.05) is 19.7 Å². The molecule has 7 nitrogen and oxygen atoms in total.